The van der Waals surface area contributed by atoms with Crippen LogP contribution in [0.15, 0.2) is 47.4 Å². The fourth-order valence-electron chi connectivity index (χ4n) is 2.29. The van der Waals surface area contributed by atoms with Crippen LogP contribution >= 0.6 is 58.8 Å². The van der Waals surface area contributed by atoms with Gasteiger partial charge in [0, 0.05) is 10.7 Å². The molecule has 3 rings (SSSR count). The van der Waals surface area contributed by atoms with E-state index < -0.39 is 0 Å². The maximum atomic E-state index is 12.6. The molecular formula is C18H11Cl3N2O2S2. The molecule has 1 aliphatic rings. The zero-order valence-electron chi connectivity index (χ0n) is 13.5. The molecule has 27 heavy (non-hydrogen) atoms. The van der Waals surface area contributed by atoms with Gasteiger partial charge in [-0.2, -0.15) is 0 Å². The first-order chi connectivity index (χ1) is 12.8. The Morgan fingerprint density at radius 1 is 1.15 bits per heavy atom. The average Bonchev–Trinajstić information content (AvgIpc) is 2.88. The highest BCUT2D eigenvalue weighted by Crippen LogP contribution is 2.35. The monoisotopic (exact) mass is 456 g/mol. The molecule has 2 amide bonds. The molecule has 2 aromatic rings. The molecule has 0 spiro atoms. The second-order valence-corrected chi connectivity index (χ2v) is 8.36. The van der Waals surface area contributed by atoms with E-state index in [1.807, 2.05) is 0 Å². The zero-order valence-corrected chi connectivity index (χ0v) is 17.4. The summed E-state index contributed by atoms with van der Waals surface area (Å²) in [4.78, 5) is 26.5. The Kier molecular flexibility index (Phi) is 6.44. The van der Waals surface area contributed by atoms with Crippen molar-refractivity contribution in [1.29, 1.82) is 0 Å². The number of benzene rings is 2. The molecule has 0 bridgehead atoms. The second-order valence-electron chi connectivity index (χ2n) is 5.47. The number of rotatable bonds is 4. The summed E-state index contributed by atoms with van der Waals surface area (Å²) in [5, 5.41) is 4.01. The fraction of sp³-hybridized carbons (Fsp3) is 0.0556. The van der Waals surface area contributed by atoms with Gasteiger partial charge in [-0.25, -0.2) is 0 Å². The number of hydrogen-bond donors (Lipinski definition) is 1. The van der Waals surface area contributed by atoms with Crippen LogP contribution in [0.2, 0.25) is 15.1 Å². The minimum atomic E-state index is -0.365. The van der Waals surface area contributed by atoms with E-state index in [1.165, 1.54) is 4.90 Å². The molecular weight excluding hydrogens is 447 g/mol. The van der Waals surface area contributed by atoms with Crippen LogP contribution < -0.4 is 5.32 Å². The third kappa shape index (κ3) is 4.83. The second kappa shape index (κ2) is 8.63. The number of thiocarbonyl (C=S) groups is 1. The highest BCUT2D eigenvalue weighted by molar-refractivity contribution is 8.26. The van der Waals surface area contributed by atoms with Crippen LogP contribution in [-0.2, 0) is 9.59 Å². The minimum absolute atomic E-state index is 0.187. The molecule has 0 aromatic heterocycles. The summed E-state index contributed by atoms with van der Waals surface area (Å²) >= 11 is 24.3. The van der Waals surface area contributed by atoms with Crippen molar-refractivity contribution in [2.75, 3.05) is 11.9 Å². The van der Waals surface area contributed by atoms with Gasteiger partial charge in [-0.1, -0.05) is 70.9 Å². The van der Waals surface area contributed by atoms with Gasteiger partial charge in [-0.05, 0) is 42.0 Å². The molecule has 0 unspecified atom stereocenters. The van der Waals surface area contributed by atoms with Gasteiger partial charge in [0.05, 0.1) is 15.0 Å². The summed E-state index contributed by atoms with van der Waals surface area (Å²) in [5.74, 6) is -0.719. The molecule has 0 radical (unpaired) electrons. The van der Waals surface area contributed by atoms with Crippen LogP contribution in [0.25, 0.3) is 6.08 Å². The summed E-state index contributed by atoms with van der Waals surface area (Å²) in [6.07, 6.45) is 1.62. The number of thioether (sulfide) groups is 1. The number of carbonyl (C=O) groups is 2. The van der Waals surface area contributed by atoms with Crippen molar-refractivity contribution in [2.24, 2.45) is 0 Å². The van der Waals surface area contributed by atoms with Gasteiger partial charge in [0.15, 0.2) is 0 Å². The molecule has 2 aromatic carbocycles. The van der Waals surface area contributed by atoms with Gasteiger partial charge in [0.25, 0.3) is 5.91 Å². The lowest BCUT2D eigenvalue weighted by Gasteiger charge is -2.14. The largest absolute Gasteiger partial charge is 0.325 e. The lowest BCUT2D eigenvalue weighted by Crippen LogP contribution is -2.36. The topological polar surface area (TPSA) is 49.4 Å². The zero-order chi connectivity index (χ0) is 19.6. The van der Waals surface area contributed by atoms with Gasteiger partial charge >= 0.3 is 0 Å². The van der Waals surface area contributed by atoms with Gasteiger partial charge in [0.2, 0.25) is 5.91 Å². The summed E-state index contributed by atoms with van der Waals surface area (Å²) in [6.45, 7) is -0.187. The summed E-state index contributed by atoms with van der Waals surface area (Å²) < 4.78 is 0.302. The van der Waals surface area contributed by atoms with Crippen LogP contribution in [0.4, 0.5) is 5.69 Å². The smallest absolute Gasteiger partial charge is 0.266 e. The Morgan fingerprint density at radius 2 is 1.85 bits per heavy atom. The highest BCUT2D eigenvalue weighted by Gasteiger charge is 2.33. The molecule has 1 fully saturated rings. The predicted octanol–water partition coefficient (Wildman–Crippen LogP) is 5.49. The average molecular weight is 458 g/mol. The fourth-order valence-corrected chi connectivity index (χ4v) is 4.02. The molecule has 1 saturated heterocycles. The van der Waals surface area contributed by atoms with Crippen molar-refractivity contribution >= 4 is 86.7 Å². The van der Waals surface area contributed by atoms with Crippen LogP contribution in [-0.4, -0.2) is 27.6 Å². The Labute approximate surface area is 180 Å². The van der Waals surface area contributed by atoms with E-state index in [-0.39, 0.29) is 18.4 Å². The number of amides is 2. The summed E-state index contributed by atoms with van der Waals surface area (Å²) in [5.41, 5.74) is 1.19. The Hall–Kier alpha value is -1.57. The molecule has 0 saturated carbocycles. The third-order valence-corrected chi connectivity index (χ3v) is 6.03. The van der Waals surface area contributed by atoms with Gasteiger partial charge in [-0.3, -0.25) is 14.5 Å². The number of halogens is 3. The number of carbonyl (C=O) groups excluding carboxylic acids is 2. The van der Waals surface area contributed by atoms with Gasteiger partial charge in [0.1, 0.15) is 10.9 Å². The van der Waals surface area contributed by atoms with Crippen LogP contribution in [0.1, 0.15) is 5.56 Å². The summed E-state index contributed by atoms with van der Waals surface area (Å²) in [7, 11) is 0. The molecule has 138 valence electrons. The normalized spacial score (nSPS) is 15.5. The van der Waals surface area contributed by atoms with Crippen LogP contribution in [0.5, 0.6) is 0 Å². The third-order valence-electron chi connectivity index (χ3n) is 3.57. The van der Waals surface area contributed by atoms with Crippen molar-refractivity contribution in [3.05, 3.63) is 68.0 Å². The lowest BCUT2D eigenvalue weighted by molar-refractivity contribution is -0.126. The van der Waals surface area contributed by atoms with E-state index in [9.17, 15) is 9.59 Å². The van der Waals surface area contributed by atoms with Crippen molar-refractivity contribution in [3.63, 3.8) is 0 Å². The molecule has 0 aliphatic carbocycles. The lowest BCUT2D eigenvalue weighted by atomic mass is 10.2. The molecule has 0 atom stereocenters. The molecule has 1 N–H and O–H groups in total. The van der Waals surface area contributed by atoms with E-state index in [0.29, 0.717) is 35.5 Å². The van der Waals surface area contributed by atoms with Crippen LogP contribution in [0, 0.1) is 0 Å². The summed E-state index contributed by atoms with van der Waals surface area (Å²) in [6, 6.07) is 11.8. The van der Waals surface area contributed by atoms with E-state index in [4.69, 9.17) is 47.0 Å². The van der Waals surface area contributed by atoms with E-state index in [1.54, 1.807) is 48.5 Å². The first-order valence-electron chi connectivity index (χ1n) is 7.60. The highest BCUT2D eigenvalue weighted by atomic mass is 35.5. The SMILES string of the molecule is O=C(CN1C(=O)/C(=C/c2cccc(Cl)c2Cl)SC1=S)Nc1ccc(Cl)cc1. The molecule has 1 heterocycles. The molecule has 9 heteroatoms. The first-order valence-corrected chi connectivity index (χ1v) is 9.96. The Bertz CT molecular complexity index is 962. The minimum Gasteiger partial charge on any atom is -0.325 e. The first kappa shape index (κ1) is 20.2. The molecule has 4 nitrogen and oxygen atoms in total. The van der Waals surface area contributed by atoms with Gasteiger partial charge < -0.3 is 5.32 Å². The number of nitrogens with zero attached hydrogens (tertiary/aromatic N) is 1. The standard InChI is InChI=1S/C18H11Cl3N2O2S2/c19-11-4-6-12(7-5-11)22-15(24)9-23-17(25)14(27-18(23)26)8-10-2-1-3-13(20)16(10)21/h1-8H,9H2,(H,22,24)/b14-8-. The quantitative estimate of drug-likeness (QED) is 0.487. The maximum absolute atomic E-state index is 12.6. The van der Waals surface area contributed by atoms with Crippen molar-refractivity contribution < 1.29 is 9.59 Å². The number of anilines is 1. The van der Waals surface area contributed by atoms with Crippen molar-refractivity contribution in [2.45, 2.75) is 0 Å². The van der Waals surface area contributed by atoms with E-state index in [2.05, 4.69) is 5.32 Å². The number of hydrogen-bond acceptors (Lipinski definition) is 4. The predicted molar refractivity (Wildman–Crippen MR) is 116 cm³/mol. The number of nitrogens with one attached hydrogen (secondary N) is 1. The Morgan fingerprint density at radius 3 is 2.56 bits per heavy atom. The Balaban J connectivity index is 1.72. The van der Waals surface area contributed by atoms with E-state index in [0.717, 1.165) is 11.8 Å². The van der Waals surface area contributed by atoms with Gasteiger partial charge in [-0.15, -0.1) is 0 Å². The van der Waals surface area contributed by atoms with Crippen molar-refractivity contribution in [3.8, 4) is 0 Å². The maximum Gasteiger partial charge on any atom is 0.266 e. The van der Waals surface area contributed by atoms with E-state index >= 15 is 0 Å². The molecule has 1 aliphatic heterocycles. The van der Waals surface area contributed by atoms with Crippen molar-refractivity contribution in [1.82, 2.24) is 4.90 Å². The van der Waals surface area contributed by atoms with Crippen LogP contribution in [0.3, 0.4) is 0 Å².